The van der Waals surface area contributed by atoms with E-state index in [0.29, 0.717) is 11.8 Å². The first-order valence-electron chi connectivity index (χ1n) is 8.50. The second-order valence-electron chi connectivity index (χ2n) is 6.02. The molecule has 3 rings (SSSR count). The average Bonchev–Trinajstić information content (AvgIpc) is 2.69. The maximum absolute atomic E-state index is 13.6. The third-order valence-corrected chi connectivity index (χ3v) is 5.48. The van der Waals surface area contributed by atoms with Crippen LogP contribution in [0.2, 0.25) is 5.02 Å². The molecule has 10 heteroatoms. The third kappa shape index (κ3) is 5.46. The molecule has 0 spiro atoms. The normalized spacial score (nSPS) is 11.0. The summed E-state index contributed by atoms with van der Waals surface area (Å²) in [7, 11) is -3.87. The van der Waals surface area contributed by atoms with Gasteiger partial charge in [-0.25, -0.2) is 17.2 Å². The number of para-hydroxylation sites is 1. The molecule has 0 radical (unpaired) electrons. The molecule has 0 aliphatic rings. The molecule has 0 aromatic heterocycles. The summed E-state index contributed by atoms with van der Waals surface area (Å²) in [6, 6.07) is 14.8. The lowest BCUT2D eigenvalue weighted by Gasteiger charge is -2.12. The Morgan fingerprint density at radius 3 is 2.40 bits per heavy atom. The zero-order valence-corrected chi connectivity index (χ0v) is 16.8. The number of carbonyl (C=O) groups excluding carboxylic acids is 1. The number of amides is 1. The van der Waals surface area contributed by atoms with E-state index < -0.39 is 34.2 Å². The van der Waals surface area contributed by atoms with Crippen molar-refractivity contribution in [2.45, 2.75) is 4.90 Å². The first-order valence-corrected chi connectivity index (χ1v) is 10.4. The van der Waals surface area contributed by atoms with Gasteiger partial charge in [-0.3, -0.25) is 9.52 Å². The lowest BCUT2D eigenvalue weighted by molar-refractivity contribution is -0.118. The van der Waals surface area contributed by atoms with Crippen LogP contribution in [0.1, 0.15) is 0 Å². The highest BCUT2D eigenvalue weighted by atomic mass is 35.5. The number of sulfonamides is 1. The molecule has 0 bridgehead atoms. The molecule has 0 unspecified atom stereocenters. The van der Waals surface area contributed by atoms with Crippen molar-refractivity contribution in [2.75, 3.05) is 16.6 Å². The number of hydrogen-bond acceptors (Lipinski definition) is 4. The molecule has 3 aromatic carbocycles. The monoisotopic (exact) mass is 452 g/mol. The smallest absolute Gasteiger partial charge is 0.262 e. The minimum absolute atomic E-state index is 0.0355. The second kappa shape index (κ2) is 9.10. The van der Waals surface area contributed by atoms with Gasteiger partial charge in [-0.2, -0.15) is 0 Å². The van der Waals surface area contributed by atoms with E-state index in [1.54, 1.807) is 30.3 Å². The van der Waals surface area contributed by atoms with Crippen LogP contribution in [0.25, 0.3) is 0 Å². The molecule has 3 aromatic rings. The quantitative estimate of drug-likeness (QED) is 0.555. The van der Waals surface area contributed by atoms with Gasteiger partial charge in [-0.15, -0.1) is 0 Å². The van der Waals surface area contributed by atoms with E-state index in [0.717, 1.165) is 12.1 Å². The molecular formula is C20H15ClF2N2O4S. The first-order chi connectivity index (χ1) is 14.2. The standard InChI is InChI=1S/C20H15ClF2N2O4S/c21-16-11-15(30(27,28)25-14-4-2-1-3-5-14)7-9-19(16)29-12-20(26)24-18-8-6-13(22)10-17(18)23/h1-11,25H,12H2,(H,24,26). The molecular weight excluding hydrogens is 438 g/mol. The molecule has 156 valence electrons. The zero-order valence-electron chi connectivity index (χ0n) is 15.2. The molecule has 0 fully saturated rings. The maximum atomic E-state index is 13.6. The Balaban J connectivity index is 1.64. The highest BCUT2D eigenvalue weighted by Gasteiger charge is 2.17. The fourth-order valence-electron chi connectivity index (χ4n) is 2.41. The Kier molecular flexibility index (Phi) is 6.53. The molecule has 0 aliphatic carbocycles. The SMILES string of the molecule is O=C(COc1ccc(S(=O)(=O)Nc2ccccc2)cc1Cl)Nc1ccc(F)cc1F. The van der Waals surface area contributed by atoms with Gasteiger partial charge in [-0.1, -0.05) is 29.8 Å². The molecule has 6 nitrogen and oxygen atoms in total. The van der Waals surface area contributed by atoms with Gasteiger partial charge in [0.15, 0.2) is 6.61 Å². The summed E-state index contributed by atoms with van der Waals surface area (Å²) in [4.78, 5) is 11.8. The minimum atomic E-state index is -3.87. The van der Waals surface area contributed by atoms with Gasteiger partial charge in [0.2, 0.25) is 0 Å². The van der Waals surface area contributed by atoms with Crippen LogP contribution in [0.15, 0.2) is 71.6 Å². The summed E-state index contributed by atoms with van der Waals surface area (Å²) in [6.45, 7) is -0.523. The van der Waals surface area contributed by atoms with Gasteiger partial charge < -0.3 is 10.1 Å². The number of ether oxygens (including phenoxy) is 1. The van der Waals surface area contributed by atoms with Crippen LogP contribution >= 0.6 is 11.6 Å². The fourth-order valence-corrected chi connectivity index (χ4v) is 3.79. The molecule has 2 N–H and O–H groups in total. The summed E-state index contributed by atoms with van der Waals surface area (Å²) in [6.07, 6.45) is 0. The highest BCUT2D eigenvalue weighted by molar-refractivity contribution is 7.92. The van der Waals surface area contributed by atoms with E-state index in [4.69, 9.17) is 16.3 Å². The molecule has 30 heavy (non-hydrogen) atoms. The predicted molar refractivity (Wildman–Crippen MR) is 109 cm³/mol. The Labute approximate surface area is 176 Å². The van der Waals surface area contributed by atoms with Crippen LogP contribution in [0.4, 0.5) is 20.2 Å². The van der Waals surface area contributed by atoms with E-state index in [-0.39, 0.29) is 21.4 Å². The van der Waals surface area contributed by atoms with Crippen molar-refractivity contribution in [1.82, 2.24) is 0 Å². The van der Waals surface area contributed by atoms with Crippen LogP contribution in [-0.4, -0.2) is 20.9 Å². The largest absolute Gasteiger partial charge is 0.482 e. The summed E-state index contributed by atoms with van der Waals surface area (Å²) in [5, 5.41) is 2.20. The second-order valence-corrected chi connectivity index (χ2v) is 8.11. The summed E-state index contributed by atoms with van der Waals surface area (Å²) in [5.74, 6) is -2.35. The van der Waals surface area contributed by atoms with Gasteiger partial charge in [0.1, 0.15) is 17.4 Å². The number of anilines is 2. The molecule has 0 heterocycles. The van der Waals surface area contributed by atoms with Crippen molar-refractivity contribution in [2.24, 2.45) is 0 Å². The van der Waals surface area contributed by atoms with Crippen molar-refractivity contribution >= 4 is 38.9 Å². The Morgan fingerprint density at radius 1 is 1.00 bits per heavy atom. The van der Waals surface area contributed by atoms with Crippen LogP contribution in [0, 0.1) is 11.6 Å². The van der Waals surface area contributed by atoms with Gasteiger partial charge in [0, 0.05) is 11.8 Å². The molecule has 1 amide bonds. The molecule has 0 atom stereocenters. The number of carbonyl (C=O) groups is 1. The van der Waals surface area contributed by atoms with Crippen LogP contribution in [-0.2, 0) is 14.8 Å². The Bertz CT molecular complexity index is 1170. The van der Waals surface area contributed by atoms with E-state index in [9.17, 15) is 22.0 Å². The first kappa shape index (κ1) is 21.5. The summed E-state index contributed by atoms with van der Waals surface area (Å²) in [5.41, 5.74) is 0.183. The van der Waals surface area contributed by atoms with Gasteiger partial charge in [-0.05, 0) is 42.5 Å². The molecule has 0 saturated heterocycles. The van der Waals surface area contributed by atoms with Crippen molar-refractivity contribution in [3.8, 4) is 5.75 Å². The van der Waals surface area contributed by atoms with Crippen molar-refractivity contribution in [1.29, 1.82) is 0 Å². The average molecular weight is 453 g/mol. The number of halogens is 3. The summed E-state index contributed by atoms with van der Waals surface area (Å²) < 4.78 is 59.1. The minimum Gasteiger partial charge on any atom is -0.482 e. The van der Waals surface area contributed by atoms with Crippen molar-refractivity contribution in [3.05, 3.63) is 83.4 Å². The number of nitrogens with one attached hydrogen (secondary N) is 2. The molecule has 0 aliphatic heterocycles. The summed E-state index contributed by atoms with van der Waals surface area (Å²) >= 11 is 6.07. The van der Waals surface area contributed by atoms with Crippen molar-refractivity contribution < 1.29 is 26.7 Å². The van der Waals surface area contributed by atoms with Crippen LogP contribution in [0.3, 0.4) is 0 Å². The van der Waals surface area contributed by atoms with E-state index in [2.05, 4.69) is 10.0 Å². The highest BCUT2D eigenvalue weighted by Crippen LogP contribution is 2.28. The van der Waals surface area contributed by atoms with E-state index >= 15 is 0 Å². The number of benzene rings is 3. The Morgan fingerprint density at radius 2 is 1.73 bits per heavy atom. The lowest BCUT2D eigenvalue weighted by Crippen LogP contribution is -2.21. The number of hydrogen-bond donors (Lipinski definition) is 2. The molecule has 0 saturated carbocycles. The maximum Gasteiger partial charge on any atom is 0.262 e. The lowest BCUT2D eigenvalue weighted by atomic mass is 10.3. The third-order valence-electron chi connectivity index (χ3n) is 3.80. The van der Waals surface area contributed by atoms with Gasteiger partial charge in [0.05, 0.1) is 15.6 Å². The topological polar surface area (TPSA) is 84.5 Å². The van der Waals surface area contributed by atoms with Crippen LogP contribution in [0.5, 0.6) is 5.75 Å². The number of rotatable bonds is 7. The van der Waals surface area contributed by atoms with E-state index in [1.165, 1.54) is 18.2 Å². The van der Waals surface area contributed by atoms with Gasteiger partial charge in [0.25, 0.3) is 15.9 Å². The fraction of sp³-hybridized carbons (Fsp3) is 0.0500. The van der Waals surface area contributed by atoms with Gasteiger partial charge >= 0.3 is 0 Å². The Hall–Kier alpha value is -3.17. The van der Waals surface area contributed by atoms with Crippen LogP contribution < -0.4 is 14.8 Å². The predicted octanol–water partition coefficient (Wildman–Crippen LogP) is 4.44. The van der Waals surface area contributed by atoms with E-state index in [1.807, 2.05) is 0 Å². The van der Waals surface area contributed by atoms with Crippen molar-refractivity contribution in [3.63, 3.8) is 0 Å². The zero-order chi connectivity index (χ0) is 21.7.